The summed E-state index contributed by atoms with van der Waals surface area (Å²) in [6.07, 6.45) is 17.1. The molecule has 0 aromatic rings. The van der Waals surface area contributed by atoms with Gasteiger partial charge in [-0.15, -0.1) is 0 Å². The zero-order valence-corrected chi connectivity index (χ0v) is 19.0. The average molecular weight is 419 g/mol. The van der Waals surface area contributed by atoms with E-state index in [4.69, 9.17) is 9.47 Å². The first-order valence-corrected chi connectivity index (χ1v) is 12.9. The zero-order valence-electron chi connectivity index (χ0n) is 19.0. The third-order valence-electron chi connectivity index (χ3n) is 8.77. The van der Waals surface area contributed by atoms with E-state index in [1.54, 1.807) is 0 Å². The Labute approximate surface area is 182 Å². The highest BCUT2D eigenvalue weighted by molar-refractivity contribution is 5.73. The number of carbonyl (C=O) groups is 2. The van der Waals surface area contributed by atoms with E-state index in [-0.39, 0.29) is 29.7 Å². The Balaban J connectivity index is 1.13. The minimum atomic E-state index is -0.0205. The van der Waals surface area contributed by atoms with Crippen LogP contribution < -0.4 is 0 Å². The van der Waals surface area contributed by atoms with Crippen molar-refractivity contribution in [2.75, 3.05) is 13.2 Å². The first-order valence-electron chi connectivity index (χ1n) is 12.9. The number of rotatable bonds is 6. The number of fused-ring (bicyclic) bond motifs is 2. The Morgan fingerprint density at radius 3 is 1.47 bits per heavy atom. The molecule has 0 aromatic heterocycles. The van der Waals surface area contributed by atoms with Crippen molar-refractivity contribution in [1.82, 2.24) is 0 Å². The smallest absolute Gasteiger partial charge is 0.308 e. The molecule has 4 aliphatic rings. The molecule has 0 saturated heterocycles. The highest BCUT2D eigenvalue weighted by Gasteiger charge is 2.37. The Kier molecular flexibility index (Phi) is 7.75. The summed E-state index contributed by atoms with van der Waals surface area (Å²) in [5.41, 5.74) is 0. The lowest BCUT2D eigenvalue weighted by Crippen LogP contribution is -2.33. The van der Waals surface area contributed by atoms with E-state index in [2.05, 4.69) is 0 Å². The molecular weight excluding hydrogens is 376 g/mol. The van der Waals surface area contributed by atoms with Crippen LogP contribution in [0.15, 0.2) is 0 Å². The molecule has 4 rings (SSSR count). The maximum Gasteiger partial charge on any atom is 0.308 e. The van der Waals surface area contributed by atoms with Crippen LogP contribution in [0, 0.1) is 41.4 Å². The molecule has 0 amide bonds. The molecular formula is C26H42O4. The van der Waals surface area contributed by atoms with Crippen LogP contribution in [0.1, 0.15) is 96.8 Å². The van der Waals surface area contributed by atoms with E-state index in [9.17, 15) is 9.59 Å². The SMILES string of the molecule is CC(COC(=O)C1CCC2CCCCC2C1)COC(=O)C1CCC2CCCCC2C1. The molecule has 0 heterocycles. The Hall–Kier alpha value is -1.06. The summed E-state index contributed by atoms with van der Waals surface area (Å²) in [6, 6.07) is 0. The summed E-state index contributed by atoms with van der Waals surface area (Å²) in [7, 11) is 0. The molecule has 0 aromatic carbocycles. The van der Waals surface area contributed by atoms with E-state index in [0.717, 1.165) is 49.4 Å². The van der Waals surface area contributed by atoms with Gasteiger partial charge in [0.05, 0.1) is 25.0 Å². The predicted octanol–water partition coefficient (Wildman–Crippen LogP) is 5.92. The Bertz CT molecular complexity index is 538. The van der Waals surface area contributed by atoms with Gasteiger partial charge in [-0.1, -0.05) is 58.3 Å². The van der Waals surface area contributed by atoms with Crippen LogP contribution in [0.2, 0.25) is 0 Å². The van der Waals surface area contributed by atoms with Crippen molar-refractivity contribution in [2.24, 2.45) is 41.4 Å². The maximum absolute atomic E-state index is 12.6. The van der Waals surface area contributed by atoms with Gasteiger partial charge in [0, 0.05) is 5.92 Å². The van der Waals surface area contributed by atoms with Gasteiger partial charge >= 0.3 is 11.9 Å². The number of ether oxygens (including phenoxy) is 2. The molecule has 4 fully saturated rings. The second-order valence-electron chi connectivity index (χ2n) is 11.0. The minimum Gasteiger partial charge on any atom is -0.465 e. The molecule has 4 aliphatic carbocycles. The molecule has 0 spiro atoms. The monoisotopic (exact) mass is 418 g/mol. The predicted molar refractivity (Wildman–Crippen MR) is 117 cm³/mol. The van der Waals surface area contributed by atoms with Gasteiger partial charge in [-0.2, -0.15) is 0 Å². The summed E-state index contributed by atoms with van der Waals surface area (Å²) in [5.74, 6) is 3.38. The fourth-order valence-electron chi connectivity index (χ4n) is 6.91. The van der Waals surface area contributed by atoms with E-state index in [1.165, 1.54) is 64.2 Å². The van der Waals surface area contributed by atoms with Gasteiger partial charge in [-0.05, 0) is 62.2 Å². The molecule has 0 aliphatic heterocycles. The van der Waals surface area contributed by atoms with E-state index >= 15 is 0 Å². The molecule has 0 N–H and O–H groups in total. The number of hydrogen-bond acceptors (Lipinski definition) is 4. The second kappa shape index (κ2) is 10.5. The molecule has 6 atom stereocenters. The molecule has 4 heteroatoms. The standard InChI is InChI=1S/C26H42O4/c1-18(16-29-25(27)23-12-10-19-6-2-4-8-21(19)14-23)17-30-26(28)24-13-11-20-7-3-5-9-22(20)15-24/h18-24H,2-17H2,1H3. The van der Waals surface area contributed by atoms with Gasteiger partial charge in [0.1, 0.15) is 0 Å². The minimum absolute atomic E-state index is 0.0205. The lowest BCUT2D eigenvalue weighted by atomic mass is 9.67. The summed E-state index contributed by atoms with van der Waals surface area (Å²) in [4.78, 5) is 25.1. The molecule has 170 valence electrons. The van der Waals surface area contributed by atoms with Gasteiger partial charge in [-0.25, -0.2) is 0 Å². The largest absolute Gasteiger partial charge is 0.465 e. The van der Waals surface area contributed by atoms with Gasteiger partial charge in [-0.3, -0.25) is 9.59 Å². The number of carbonyl (C=O) groups excluding carboxylic acids is 2. The normalized spacial score (nSPS) is 37.4. The third-order valence-corrected chi connectivity index (χ3v) is 8.77. The van der Waals surface area contributed by atoms with Crippen LogP contribution in [0.25, 0.3) is 0 Å². The van der Waals surface area contributed by atoms with E-state index in [1.807, 2.05) is 6.92 Å². The fourth-order valence-corrected chi connectivity index (χ4v) is 6.91. The van der Waals surface area contributed by atoms with Crippen LogP contribution >= 0.6 is 0 Å². The van der Waals surface area contributed by atoms with Gasteiger partial charge in [0.15, 0.2) is 0 Å². The van der Waals surface area contributed by atoms with Crippen molar-refractivity contribution in [1.29, 1.82) is 0 Å². The van der Waals surface area contributed by atoms with Crippen molar-refractivity contribution in [3.63, 3.8) is 0 Å². The summed E-state index contributed by atoms with van der Waals surface area (Å²) in [5, 5.41) is 0. The van der Waals surface area contributed by atoms with Gasteiger partial charge in [0.2, 0.25) is 0 Å². The van der Waals surface area contributed by atoms with Crippen molar-refractivity contribution in [3.8, 4) is 0 Å². The van der Waals surface area contributed by atoms with Crippen LogP contribution in [-0.4, -0.2) is 25.2 Å². The van der Waals surface area contributed by atoms with Crippen LogP contribution in [-0.2, 0) is 19.1 Å². The highest BCUT2D eigenvalue weighted by Crippen LogP contribution is 2.44. The lowest BCUT2D eigenvalue weighted by Gasteiger charge is -2.38. The van der Waals surface area contributed by atoms with Crippen molar-refractivity contribution < 1.29 is 19.1 Å². The van der Waals surface area contributed by atoms with E-state index < -0.39 is 0 Å². The number of esters is 2. The Morgan fingerprint density at radius 1 is 0.633 bits per heavy atom. The summed E-state index contributed by atoms with van der Waals surface area (Å²) < 4.78 is 11.3. The van der Waals surface area contributed by atoms with Crippen LogP contribution in [0.4, 0.5) is 0 Å². The van der Waals surface area contributed by atoms with E-state index in [0.29, 0.717) is 13.2 Å². The first kappa shape index (κ1) is 22.1. The third kappa shape index (κ3) is 5.59. The number of hydrogen-bond donors (Lipinski definition) is 0. The average Bonchev–Trinajstić information content (AvgIpc) is 2.80. The molecule has 6 unspecified atom stereocenters. The lowest BCUT2D eigenvalue weighted by molar-refractivity contribution is -0.156. The zero-order chi connectivity index (χ0) is 20.9. The molecule has 0 radical (unpaired) electrons. The second-order valence-corrected chi connectivity index (χ2v) is 11.0. The summed E-state index contributed by atoms with van der Waals surface area (Å²) in [6.45, 7) is 2.74. The molecule has 4 nitrogen and oxygen atoms in total. The fraction of sp³-hybridized carbons (Fsp3) is 0.923. The van der Waals surface area contributed by atoms with Crippen molar-refractivity contribution in [3.05, 3.63) is 0 Å². The topological polar surface area (TPSA) is 52.6 Å². The van der Waals surface area contributed by atoms with Crippen LogP contribution in [0.3, 0.4) is 0 Å². The van der Waals surface area contributed by atoms with Gasteiger partial charge < -0.3 is 9.47 Å². The maximum atomic E-state index is 12.6. The quantitative estimate of drug-likeness (QED) is 0.502. The highest BCUT2D eigenvalue weighted by atomic mass is 16.5. The molecule has 0 bridgehead atoms. The van der Waals surface area contributed by atoms with Gasteiger partial charge in [0.25, 0.3) is 0 Å². The summed E-state index contributed by atoms with van der Waals surface area (Å²) >= 11 is 0. The Morgan fingerprint density at radius 2 is 1.03 bits per heavy atom. The first-order chi connectivity index (χ1) is 14.6. The van der Waals surface area contributed by atoms with Crippen LogP contribution in [0.5, 0.6) is 0 Å². The molecule has 30 heavy (non-hydrogen) atoms. The van der Waals surface area contributed by atoms with Crippen molar-refractivity contribution in [2.45, 2.75) is 96.8 Å². The van der Waals surface area contributed by atoms with Crippen molar-refractivity contribution >= 4 is 11.9 Å². The molecule has 4 saturated carbocycles.